The molecule has 1 N–H and O–H groups in total. The third kappa shape index (κ3) is 6.54. The molecule has 52 valence electrons. The Bertz CT molecular complexity index is 62.3. The van der Waals surface area contributed by atoms with E-state index in [4.69, 9.17) is 20.4 Å². The molecule has 0 radical (unpaired) electrons. The summed E-state index contributed by atoms with van der Waals surface area (Å²) >= 11 is 0.569. The van der Waals surface area contributed by atoms with Gasteiger partial charge < -0.3 is 5.32 Å². The number of nitrogens with one attached hydrogen (secondary N) is 1. The topological polar surface area (TPSA) is 24.4 Å². The van der Waals surface area contributed by atoms with E-state index in [0.29, 0.717) is 12.7 Å². The van der Waals surface area contributed by atoms with Crippen LogP contribution in [-0.4, -0.2) is 19.4 Å². The number of aliphatic imine (C=N–C) groups is 1. The first-order chi connectivity index (χ1) is 3.91. The zero-order valence-electron chi connectivity index (χ0n) is 4.01. The summed E-state index contributed by atoms with van der Waals surface area (Å²) in [5.41, 5.74) is 0. The molecule has 1 aliphatic heterocycles. The molecule has 0 bridgehead atoms. The second kappa shape index (κ2) is 7.54. The van der Waals surface area contributed by atoms with Crippen LogP contribution in [0.2, 0.25) is 0 Å². The van der Waals surface area contributed by atoms with Crippen molar-refractivity contribution in [2.75, 3.05) is 13.1 Å². The molecule has 1 aliphatic rings. The van der Waals surface area contributed by atoms with Crippen molar-refractivity contribution in [3.05, 3.63) is 0 Å². The van der Waals surface area contributed by atoms with Crippen LogP contribution >= 0.6 is 20.4 Å². The van der Waals surface area contributed by atoms with Gasteiger partial charge in [-0.25, -0.2) is 0 Å². The molecule has 0 aromatic heterocycles. The van der Waals surface area contributed by atoms with Crippen molar-refractivity contribution in [1.82, 2.24) is 5.32 Å². The van der Waals surface area contributed by atoms with Gasteiger partial charge in [-0.15, -0.1) is 0 Å². The number of rotatable bonds is 0. The molecule has 2 nitrogen and oxygen atoms in total. The van der Waals surface area contributed by atoms with E-state index in [1.54, 1.807) is 6.34 Å². The SMILES string of the molecule is C1=NCCN1.[Cl][Ni][Cl]. The second-order valence-electron chi connectivity index (χ2n) is 1.03. The molecule has 0 aromatic rings. The minimum absolute atomic E-state index is 0.569. The van der Waals surface area contributed by atoms with Crippen LogP contribution in [0.15, 0.2) is 4.99 Å². The Hall–Kier alpha value is 0.544. The minimum atomic E-state index is 0.569. The molecule has 1 heterocycles. The third-order valence-corrected chi connectivity index (χ3v) is 0.568. The number of nitrogens with zero attached hydrogens (tertiary/aromatic N) is 1. The Kier molecular flexibility index (Phi) is 8.06. The van der Waals surface area contributed by atoms with Gasteiger partial charge in [0.25, 0.3) is 0 Å². The third-order valence-electron chi connectivity index (χ3n) is 0.568. The summed E-state index contributed by atoms with van der Waals surface area (Å²) in [5, 5.41) is 2.93. The van der Waals surface area contributed by atoms with Gasteiger partial charge in [-0.3, -0.25) is 4.99 Å². The van der Waals surface area contributed by atoms with Gasteiger partial charge in [-0.2, -0.15) is 0 Å². The van der Waals surface area contributed by atoms with Gasteiger partial charge in [-0.1, -0.05) is 0 Å². The van der Waals surface area contributed by atoms with Gasteiger partial charge in [0.2, 0.25) is 0 Å². The summed E-state index contributed by atoms with van der Waals surface area (Å²) in [6, 6.07) is 0. The molecule has 0 spiro atoms. The standard InChI is InChI=1S/C3H6N2.2ClH.Ni/c1-2-5-3-4-1;;;/h3H,1-2H2,(H,4,5);2*1H;/q;;;+2/p-2. The van der Waals surface area contributed by atoms with Crippen molar-refractivity contribution in [2.24, 2.45) is 4.99 Å². The van der Waals surface area contributed by atoms with E-state index in [1.807, 2.05) is 0 Å². The van der Waals surface area contributed by atoms with Crippen molar-refractivity contribution >= 4 is 26.7 Å². The van der Waals surface area contributed by atoms with Crippen LogP contribution < -0.4 is 5.32 Å². The molecule has 5 heteroatoms. The van der Waals surface area contributed by atoms with Crippen LogP contribution in [-0.2, 0) is 12.7 Å². The van der Waals surface area contributed by atoms with Gasteiger partial charge >= 0.3 is 33.0 Å². The predicted molar refractivity (Wildman–Crippen MR) is 33.1 cm³/mol. The summed E-state index contributed by atoms with van der Waals surface area (Å²) in [4.78, 5) is 3.85. The predicted octanol–water partition coefficient (Wildman–Crippen LogP) is 0.994. The fraction of sp³-hybridized carbons (Fsp3) is 0.667. The molecule has 0 atom stereocenters. The van der Waals surface area contributed by atoms with Crippen molar-refractivity contribution < 1.29 is 12.7 Å². The zero-order chi connectivity index (χ0) is 6.24. The molecule has 1 rings (SSSR count). The average molecular weight is 200 g/mol. The molecule has 0 saturated carbocycles. The molecule has 0 fully saturated rings. The van der Waals surface area contributed by atoms with Gasteiger partial charge in [0.05, 0.1) is 12.9 Å². The van der Waals surface area contributed by atoms with Crippen LogP contribution in [0.3, 0.4) is 0 Å². The van der Waals surface area contributed by atoms with Crippen molar-refractivity contribution in [3.63, 3.8) is 0 Å². The summed E-state index contributed by atoms with van der Waals surface area (Å²) in [6.07, 6.45) is 1.74. The Labute approximate surface area is 63.0 Å². The average Bonchev–Trinajstić information content (AvgIpc) is 2.17. The summed E-state index contributed by atoms with van der Waals surface area (Å²) < 4.78 is 0. The van der Waals surface area contributed by atoms with Crippen LogP contribution in [0.1, 0.15) is 0 Å². The molecule has 0 saturated heterocycles. The van der Waals surface area contributed by atoms with E-state index in [2.05, 4.69) is 10.3 Å². The van der Waals surface area contributed by atoms with Gasteiger partial charge in [0.15, 0.2) is 0 Å². The zero-order valence-corrected chi connectivity index (χ0v) is 6.51. The molecule has 0 aromatic carbocycles. The summed E-state index contributed by atoms with van der Waals surface area (Å²) in [7, 11) is 9.40. The van der Waals surface area contributed by atoms with Gasteiger partial charge in [0.1, 0.15) is 0 Å². The first-order valence-corrected chi connectivity index (χ1v) is 4.67. The number of hydrogen-bond donors (Lipinski definition) is 1. The normalized spacial score (nSPS) is 14.8. The summed E-state index contributed by atoms with van der Waals surface area (Å²) in [6.45, 7) is 1.99. The number of hydrogen-bond acceptors (Lipinski definition) is 2. The maximum absolute atomic E-state index is 4.70. The van der Waals surface area contributed by atoms with E-state index in [0.717, 1.165) is 13.1 Å². The number of halogens is 2. The molecule has 0 aliphatic carbocycles. The molecule has 8 heavy (non-hydrogen) atoms. The first kappa shape index (κ1) is 8.54. The van der Waals surface area contributed by atoms with E-state index >= 15 is 0 Å². The van der Waals surface area contributed by atoms with Crippen molar-refractivity contribution in [3.8, 4) is 0 Å². The fourth-order valence-electron chi connectivity index (χ4n) is 0.323. The van der Waals surface area contributed by atoms with Crippen molar-refractivity contribution in [2.45, 2.75) is 0 Å². The molecular weight excluding hydrogens is 194 g/mol. The fourth-order valence-corrected chi connectivity index (χ4v) is 0.323. The van der Waals surface area contributed by atoms with E-state index in [9.17, 15) is 0 Å². The Morgan fingerprint density at radius 2 is 2.25 bits per heavy atom. The molecule has 0 unspecified atom stereocenters. The van der Waals surface area contributed by atoms with E-state index < -0.39 is 0 Å². The molecular formula is C3H6Cl2N2Ni. The Morgan fingerprint density at radius 1 is 1.62 bits per heavy atom. The first-order valence-electron chi connectivity index (χ1n) is 1.96. The van der Waals surface area contributed by atoms with Gasteiger partial charge in [0, 0.05) is 6.54 Å². The molecule has 0 amide bonds. The van der Waals surface area contributed by atoms with E-state index in [1.165, 1.54) is 0 Å². The monoisotopic (exact) mass is 198 g/mol. The second-order valence-corrected chi connectivity index (χ2v) is 2.67. The summed E-state index contributed by atoms with van der Waals surface area (Å²) in [5.74, 6) is 0. The van der Waals surface area contributed by atoms with E-state index in [-0.39, 0.29) is 0 Å². The van der Waals surface area contributed by atoms with Crippen molar-refractivity contribution in [1.29, 1.82) is 0 Å². The quantitative estimate of drug-likeness (QED) is 0.579. The Morgan fingerprint density at radius 3 is 2.38 bits per heavy atom. The van der Waals surface area contributed by atoms with Crippen LogP contribution in [0.4, 0.5) is 0 Å². The van der Waals surface area contributed by atoms with Crippen LogP contribution in [0.25, 0.3) is 0 Å². The van der Waals surface area contributed by atoms with Crippen LogP contribution in [0.5, 0.6) is 0 Å². The van der Waals surface area contributed by atoms with Crippen LogP contribution in [0, 0.1) is 0 Å². The Balaban J connectivity index is 0.000000145. The van der Waals surface area contributed by atoms with Gasteiger partial charge in [-0.05, 0) is 0 Å². The maximum atomic E-state index is 4.70.